The number of likely N-dealkylation sites (tertiary alicyclic amines) is 1. The van der Waals surface area contributed by atoms with E-state index in [4.69, 9.17) is 4.74 Å². The van der Waals surface area contributed by atoms with Gasteiger partial charge in [-0.15, -0.1) is 0 Å². The van der Waals surface area contributed by atoms with E-state index >= 15 is 0 Å². The molecule has 2 unspecified atom stereocenters. The van der Waals surface area contributed by atoms with Crippen LogP contribution < -0.4 is 4.74 Å². The minimum absolute atomic E-state index is 0.382. The largest absolute Gasteiger partial charge is 0.496 e. The molecule has 0 spiro atoms. The summed E-state index contributed by atoms with van der Waals surface area (Å²) in [6.45, 7) is 1.47. The first-order valence-corrected chi connectivity index (χ1v) is 6.50. The molecule has 1 aromatic rings. The van der Waals surface area contributed by atoms with Gasteiger partial charge in [0.2, 0.25) is 0 Å². The van der Waals surface area contributed by atoms with Crippen molar-refractivity contribution < 1.29 is 20.1 Å². The molecule has 0 aliphatic carbocycles. The number of para-hydroxylation sites is 1. The first-order chi connectivity index (χ1) is 9.11. The van der Waals surface area contributed by atoms with Gasteiger partial charge in [0.25, 0.3) is 0 Å². The van der Waals surface area contributed by atoms with Crippen molar-refractivity contribution in [3.05, 3.63) is 29.8 Å². The molecule has 1 aliphatic rings. The third-order valence-electron chi connectivity index (χ3n) is 3.57. The fraction of sp³-hybridized carbons (Fsp3) is 0.571. The van der Waals surface area contributed by atoms with Crippen LogP contribution in [0.25, 0.3) is 0 Å². The minimum Gasteiger partial charge on any atom is -0.496 e. The van der Waals surface area contributed by atoms with Crippen LogP contribution >= 0.6 is 0 Å². The van der Waals surface area contributed by atoms with Gasteiger partial charge in [-0.1, -0.05) is 18.2 Å². The Morgan fingerprint density at radius 3 is 2.42 bits per heavy atom. The molecule has 1 fully saturated rings. The molecule has 0 radical (unpaired) electrons. The van der Waals surface area contributed by atoms with Crippen LogP contribution in [0.2, 0.25) is 0 Å². The Morgan fingerprint density at radius 2 is 1.79 bits per heavy atom. The molecule has 0 bridgehead atoms. The number of rotatable bonds is 4. The number of hydrogen-bond donors (Lipinski definition) is 3. The number of piperidine rings is 1. The summed E-state index contributed by atoms with van der Waals surface area (Å²) in [5.74, 6) is 0.848. The fourth-order valence-electron chi connectivity index (χ4n) is 2.45. The molecule has 0 saturated carbocycles. The van der Waals surface area contributed by atoms with Gasteiger partial charge in [-0.3, -0.25) is 4.90 Å². The topological polar surface area (TPSA) is 73.2 Å². The zero-order valence-electron chi connectivity index (χ0n) is 11.1. The van der Waals surface area contributed by atoms with E-state index in [1.165, 1.54) is 0 Å². The second-order valence-corrected chi connectivity index (χ2v) is 4.95. The van der Waals surface area contributed by atoms with Crippen molar-refractivity contribution in [3.8, 4) is 5.75 Å². The van der Waals surface area contributed by atoms with E-state index in [0.717, 1.165) is 17.7 Å². The van der Waals surface area contributed by atoms with Crippen LogP contribution in [-0.4, -0.2) is 65.3 Å². The van der Waals surface area contributed by atoms with Gasteiger partial charge in [0, 0.05) is 19.6 Å². The summed E-state index contributed by atoms with van der Waals surface area (Å²) in [6.07, 6.45) is -2.04. The smallest absolute Gasteiger partial charge is 0.122 e. The highest BCUT2D eigenvalue weighted by atomic mass is 16.5. The lowest BCUT2D eigenvalue weighted by atomic mass is 10.0. The van der Waals surface area contributed by atoms with E-state index in [-0.39, 0.29) is 0 Å². The van der Waals surface area contributed by atoms with Gasteiger partial charge in [-0.05, 0) is 18.1 Å². The number of hydrogen-bond acceptors (Lipinski definition) is 5. The van der Waals surface area contributed by atoms with Crippen molar-refractivity contribution in [1.29, 1.82) is 0 Å². The van der Waals surface area contributed by atoms with Crippen LogP contribution in [0, 0.1) is 0 Å². The van der Waals surface area contributed by atoms with Gasteiger partial charge in [0.05, 0.1) is 19.3 Å². The Hall–Kier alpha value is -1.14. The Balaban J connectivity index is 1.92. The molecule has 1 aromatic carbocycles. The molecule has 3 N–H and O–H groups in total. The van der Waals surface area contributed by atoms with Crippen molar-refractivity contribution in [1.82, 2.24) is 4.90 Å². The van der Waals surface area contributed by atoms with Crippen molar-refractivity contribution in [2.45, 2.75) is 24.7 Å². The summed E-state index contributed by atoms with van der Waals surface area (Å²) in [6, 6.07) is 7.80. The van der Waals surface area contributed by atoms with E-state index in [9.17, 15) is 15.3 Å². The molecule has 0 aromatic heterocycles. The van der Waals surface area contributed by atoms with Crippen molar-refractivity contribution in [2.24, 2.45) is 0 Å². The number of ether oxygens (including phenoxy) is 1. The van der Waals surface area contributed by atoms with Gasteiger partial charge in [0.1, 0.15) is 11.9 Å². The zero-order chi connectivity index (χ0) is 13.8. The van der Waals surface area contributed by atoms with E-state index in [0.29, 0.717) is 19.6 Å². The predicted molar refractivity (Wildman–Crippen MR) is 71.2 cm³/mol. The second kappa shape index (κ2) is 6.34. The highest BCUT2D eigenvalue weighted by Crippen LogP contribution is 2.19. The van der Waals surface area contributed by atoms with Gasteiger partial charge in [-0.25, -0.2) is 0 Å². The lowest BCUT2D eigenvalue weighted by molar-refractivity contribution is -0.109. The maximum atomic E-state index is 9.64. The Bertz CT molecular complexity index is 400. The quantitative estimate of drug-likeness (QED) is 0.694. The molecule has 0 amide bonds. The Kier molecular flexibility index (Phi) is 4.76. The van der Waals surface area contributed by atoms with Gasteiger partial charge in [0.15, 0.2) is 0 Å². The summed E-state index contributed by atoms with van der Waals surface area (Å²) < 4.78 is 5.29. The van der Waals surface area contributed by atoms with Crippen molar-refractivity contribution >= 4 is 0 Å². The van der Waals surface area contributed by atoms with Crippen LogP contribution in [0.3, 0.4) is 0 Å². The predicted octanol–water partition coefficient (Wildman–Crippen LogP) is -0.364. The molecule has 1 aliphatic heterocycles. The lowest BCUT2D eigenvalue weighted by Gasteiger charge is -2.36. The van der Waals surface area contributed by atoms with Crippen molar-refractivity contribution in [2.75, 3.05) is 26.7 Å². The van der Waals surface area contributed by atoms with E-state index < -0.39 is 18.3 Å². The second-order valence-electron chi connectivity index (χ2n) is 4.95. The summed E-state index contributed by atoms with van der Waals surface area (Å²) in [5.41, 5.74) is 1.10. The summed E-state index contributed by atoms with van der Waals surface area (Å²) in [5, 5.41) is 28.8. The Morgan fingerprint density at radius 1 is 1.16 bits per heavy atom. The molecule has 2 atom stereocenters. The number of nitrogens with zero attached hydrogens (tertiary/aromatic N) is 1. The van der Waals surface area contributed by atoms with Gasteiger partial charge >= 0.3 is 0 Å². The third-order valence-corrected chi connectivity index (χ3v) is 3.57. The van der Waals surface area contributed by atoms with E-state index in [1.807, 2.05) is 29.2 Å². The molecule has 1 saturated heterocycles. The summed E-state index contributed by atoms with van der Waals surface area (Å²) in [7, 11) is 1.64. The molecule has 19 heavy (non-hydrogen) atoms. The number of benzene rings is 1. The van der Waals surface area contributed by atoms with Crippen molar-refractivity contribution in [3.63, 3.8) is 0 Å². The number of aliphatic hydroxyl groups excluding tert-OH is 3. The first kappa shape index (κ1) is 14.3. The number of aliphatic hydroxyl groups is 3. The summed E-state index contributed by atoms with van der Waals surface area (Å²) >= 11 is 0. The first-order valence-electron chi connectivity index (χ1n) is 6.50. The van der Waals surface area contributed by atoms with Crippen LogP contribution in [0.5, 0.6) is 5.75 Å². The zero-order valence-corrected chi connectivity index (χ0v) is 11.1. The minimum atomic E-state index is -1.04. The van der Waals surface area contributed by atoms with Crippen LogP contribution in [0.15, 0.2) is 24.3 Å². The molecule has 2 rings (SSSR count). The highest BCUT2D eigenvalue weighted by molar-refractivity contribution is 5.33. The molecule has 5 heteroatoms. The lowest BCUT2D eigenvalue weighted by Crippen LogP contribution is -2.55. The normalized spacial score (nSPS) is 28.3. The maximum absolute atomic E-state index is 9.64. The van der Waals surface area contributed by atoms with E-state index in [2.05, 4.69) is 0 Å². The molecular weight excluding hydrogens is 246 g/mol. The van der Waals surface area contributed by atoms with Gasteiger partial charge in [-0.2, -0.15) is 0 Å². The molecule has 106 valence electrons. The average molecular weight is 267 g/mol. The monoisotopic (exact) mass is 267 g/mol. The third kappa shape index (κ3) is 3.45. The van der Waals surface area contributed by atoms with Crippen LogP contribution in [-0.2, 0) is 6.42 Å². The van der Waals surface area contributed by atoms with Gasteiger partial charge < -0.3 is 20.1 Å². The van der Waals surface area contributed by atoms with Crippen LogP contribution in [0.4, 0.5) is 0 Å². The molecule has 5 nitrogen and oxygen atoms in total. The number of methoxy groups -OCH3 is 1. The maximum Gasteiger partial charge on any atom is 0.122 e. The fourth-order valence-corrected chi connectivity index (χ4v) is 2.45. The molecular formula is C14H21NO4. The van der Waals surface area contributed by atoms with Crippen LogP contribution in [0.1, 0.15) is 5.56 Å². The van der Waals surface area contributed by atoms with E-state index in [1.54, 1.807) is 7.11 Å². The summed E-state index contributed by atoms with van der Waals surface area (Å²) in [4.78, 5) is 1.95. The molecule has 1 heterocycles. The Labute approximate surface area is 113 Å². The average Bonchev–Trinajstić information content (AvgIpc) is 2.42. The number of β-amino-alcohol motifs (C(OH)–C–C–N with tert-alkyl or cyclic N) is 2. The SMILES string of the molecule is COc1ccccc1CCN1CC(O)C(O)C(O)C1. The standard InChI is InChI=1S/C14H21NO4/c1-19-13-5-3-2-4-10(13)6-7-15-8-11(16)14(18)12(17)9-15/h2-5,11-12,14,16-18H,6-9H2,1H3. The highest BCUT2D eigenvalue weighted by Gasteiger charge is 2.32.